The predicted octanol–water partition coefficient (Wildman–Crippen LogP) is 3.15. The van der Waals surface area contributed by atoms with Crippen molar-refractivity contribution in [3.63, 3.8) is 0 Å². The van der Waals surface area contributed by atoms with E-state index in [-0.39, 0.29) is 11.8 Å². The maximum atomic E-state index is 12.0. The molecule has 3 rings (SSSR count). The van der Waals surface area contributed by atoms with Gasteiger partial charge in [-0.3, -0.25) is 14.5 Å². The van der Waals surface area contributed by atoms with Crippen LogP contribution in [-0.4, -0.2) is 29.8 Å². The fourth-order valence-electron chi connectivity index (χ4n) is 3.45. The molecule has 1 saturated carbocycles. The normalized spacial score (nSPS) is 28.7. The Morgan fingerprint density at radius 1 is 1.10 bits per heavy atom. The minimum Gasteiger partial charge on any atom is -0.382 e. The molecule has 1 aliphatic carbocycles. The molecule has 0 radical (unpaired) electrons. The highest BCUT2D eigenvalue weighted by atomic mass is 16.2. The first kappa shape index (κ1) is 14.1. The third-order valence-electron chi connectivity index (χ3n) is 5.15. The summed E-state index contributed by atoms with van der Waals surface area (Å²) >= 11 is 0. The van der Waals surface area contributed by atoms with Crippen molar-refractivity contribution in [1.82, 2.24) is 4.90 Å². The van der Waals surface area contributed by atoms with E-state index in [9.17, 15) is 9.59 Å². The van der Waals surface area contributed by atoms with Crippen molar-refractivity contribution in [3.8, 4) is 0 Å². The van der Waals surface area contributed by atoms with E-state index >= 15 is 0 Å². The molecule has 3 unspecified atom stereocenters. The summed E-state index contributed by atoms with van der Waals surface area (Å²) in [6.07, 6.45) is 3.70. The van der Waals surface area contributed by atoms with Gasteiger partial charge in [0.2, 0.25) is 0 Å². The summed E-state index contributed by atoms with van der Waals surface area (Å²) in [7, 11) is 1.53. The molecule has 1 aromatic rings. The van der Waals surface area contributed by atoms with Crippen LogP contribution in [0.3, 0.4) is 0 Å². The highest BCUT2D eigenvalue weighted by molar-refractivity contribution is 6.21. The average molecular weight is 286 g/mol. The van der Waals surface area contributed by atoms with Gasteiger partial charge in [-0.05, 0) is 36.5 Å². The molecule has 4 heteroatoms. The first-order chi connectivity index (χ1) is 9.99. The summed E-state index contributed by atoms with van der Waals surface area (Å²) < 4.78 is 0. The van der Waals surface area contributed by atoms with E-state index in [4.69, 9.17) is 0 Å². The molecule has 2 amide bonds. The standard InChI is InChI=1S/C17H22N2O2/c1-10-5-4-6-15(11(10)2)18-12-7-8-13-14(9-12)17(21)19(3)16(13)20/h7-11,15,18H,4-6H2,1-3H3. The molecule has 1 heterocycles. The van der Waals surface area contributed by atoms with Gasteiger partial charge < -0.3 is 5.32 Å². The number of nitrogens with zero attached hydrogens (tertiary/aromatic N) is 1. The summed E-state index contributed by atoms with van der Waals surface area (Å²) in [4.78, 5) is 25.1. The van der Waals surface area contributed by atoms with Gasteiger partial charge in [0.1, 0.15) is 0 Å². The van der Waals surface area contributed by atoms with Gasteiger partial charge in [0, 0.05) is 18.8 Å². The first-order valence-electron chi connectivity index (χ1n) is 7.72. The van der Waals surface area contributed by atoms with Gasteiger partial charge in [0.15, 0.2) is 0 Å². The van der Waals surface area contributed by atoms with Crippen LogP contribution in [0, 0.1) is 11.8 Å². The number of rotatable bonds is 2. The van der Waals surface area contributed by atoms with Crippen LogP contribution >= 0.6 is 0 Å². The number of fused-ring (bicyclic) bond motifs is 1. The third-order valence-corrected chi connectivity index (χ3v) is 5.15. The Labute approximate surface area is 125 Å². The summed E-state index contributed by atoms with van der Waals surface area (Å²) in [6, 6.07) is 5.94. The highest BCUT2D eigenvalue weighted by Crippen LogP contribution is 2.32. The van der Waals surface area contributed by atoms with Crippen molar-refractivity contribution in [3.05, 3.63) is 29.3 Å². The van der Waals surface area contributed by atoms with E-state index in [1.165, 1.54) is 24.8 Å². The maximum absolute atomic E-state index is 12.0. The second kappa shape index (κ2) is 5.17. The van der Waals surface area contributed by atoms with Gasteiger partial charge in [-0.25, -0.2) is 0 Å². The van der Waals surface area contributed by atoms with Gasteiger partial charge in [-0.1, -0.05) is 26.7 Å². The number of anilines is 1. The van der Waals surface area contributed by atoms with Crippen LogP contribution in [-0.2, 0) is 0 Å². The molecule has 0 bridgehead atoms. The number of hydrogen-bond acceptors (Lipinski definition) is 3. The van der Waals surface area contributed by atoms with E-state index in [0.717, 1.165) is 18.0 Å². The zero-order valence-corrected chi connectivity index (χ0v) is 12.8. The van der Waals surface area contributed by atoms with Crippen molar-refractivity contribution in [2.24, 2.45) is 11.8 Å². The lowest BCUT2D eigenvalue weighted by molar-refractivity contribution is 0.0693. The first-order valence-corrected chi connectivity index (χ1v) is 7.72. The monoisotopic (exact) mass is 286 g/mol. The number of carbonyl (C=O) groups excluding carboxylic acids is 2. The largest absolute Gasteiger partial charge is 0.382 e. The molecule has 1 N–H and O–H groups in total. The van der Waals surface area contributed by atoms with Crippen LogP contribution in [0.2, 0.25) is 0 Å². The number of amides is 2. The second-order valence-corrected chi connectivity index (χ2v) is 6.45. The number of benzene rings is 1. The molecular formula is C17H22N2O2. The van der Waals surface area contributed by atoms with Gasteiger partial charge in [-0.2, -0.15) is 0 Å². The van der Waals surface area contributed by atoms with E-state index in [1.807, 2.05) is 12.1 Å². The van der Waals surface area contributed by atoms with E-state index in [0.29, 0.717) is 23.1 Å². The van der Waals surface area contributed by atoms with E-state index in [2.05, 4.69) is 19.2 Å². The number of imide groups is 1. The van der Waals surface area contributed by atoms with E-state index < -0.39 is 0 Å². The summed E-state index contributed by atoms with van der Waals surface area (Å²) in [5, 5.41) is 3.56. The predicted molar refractivity (Wildman–Crippen MR) is 82.5 cm³/mol. The Morgan fingerprint density at radius 2 is 1.81 bits per heavy atom. The van der Waals surface area contributed by atoms with Gasteiger partial charge in [0.25, 0.3) is 11.8 Å². The van der Waals surface area contributed by atoms with Crippen LogP contribution < -0.4 is 5.32 Å². The van der Waals surface area contributed by atoms with Crippen LogP contribution in [0.4, 0.5) is 5.69 Å². The van der Waals surface area contributed by atoms with Gasteiger partial charge in [0.05, 0.1) is 11.1 Å². The van der Waals surface area contributed by atoms with Crippen molar-refractivity contribution >= 4 is 17.5 Å². The molecular weight excluding hydrogens is 264 g/mol. The molecule has 2 aliphatic rings. The lowest BCUT2D eigenvalue weighted by atomic mass is 9.78. The van der Waals surface area contributed by atoms with Crippen LogP contribution in [0.1, 0.15) is 53.8 Å². The number of carbonyl (C=O) groups is 2. The van der Waals surface area contributed by atoms with E-state index in [1.54, 1.807) is 6.07 Å². The summed E-state index contributed by atoms with van der Waals surface area (Å²) in [6.45, 7) is 4.59. The molecule has 0 saturated heterocycles. The molecule has 0 aromatic heterocycles. The minimum absolute atomic E-state index is 0.205. The van der Waals surface area contributed by atoms with Crippen LogP contribution in [0.25, 0.3) is 0 Å². The van der Waals surface area contributed by atoms with Gasteiger partial charge >= 0.3 is 0 Å². The molecule has 4 nitrogen and oxygen atoms in total. The number of nitrogens with one attached hydrogen (secondary N) is 1. The molecule has 0 spiro atoms. The smallest absolute Gasteiger partial charge is 0.261 e. The maximum Gasteiger partial charge on any atom is 0.261 e. The summed E-state index contributed by atoms with van der Waals surface area (Å²) in [5.74, 6) is 0.928. The number of hydrogen-bond donors (Lipinski definition) is 1. The molecule has 1 aromatic carbocycles. The SMILES string of the molecule is CC1CCCC(Nc2ccc3c(c2)C(=O)N(C)C3=O)C1C. The lowest BCUT2D eigenvalue weighted by Crippen LogP contribution is -2.35. The van der Waals surface area contributed by atoms with Crippen molar-refractivity contribution < 1.29 is 9.59 Å². The average Bonchev–Trinajstić information content (AvgIpc) is 2.69. The Kier molecular flexibility index (Phi) is 3.47. The lowest BCUT2D eigenvalue weighted by Gasteiger charge is -2.35. The van der Waals surface area contributed by atoms with Crippen molar-refractivity contribution in [2.45, 2.75) is 39.2 Å². The molecule has 3 atom stereocenters. The Bertz CT molecular complexity index is 596. The molecule has 1 aliphatic heterocycles. The topological polar surface area (TPSA) is 49.4 Å². The fraction of sp³-hybridized carbons (Fsp3) is 0.529. The molecule has 112 valence electrons. The van der Waals surface area contributed by atoms with Crippen LogP contribution in [0.5, 0.6) is 0 Å². The van der Waals surface area contributed by atoms with Crippen LogP contribution in [0.15, 0.2) is 18.2 Å². The Balaban J connectivity index is 1.82. The fourth-order valence-corrected chi connectivity index (χ4v) is 3.45. The zero-order valence-electron chi connectivity index (χ0n) is 12.8. The zero-order chi connectivity index (χ0) is 15.1. The van der Waals surface area contributed by atoms with Crippen molar-refractivity contribution in [2.75, 3.05) is 12.4 Å². The Hall–Kier alpha value is -1.84. The van der Waals surface area contributed by atoms with Crippen molar-refractivity contribution in [1.29, 1.82) is 0 Å². The summed E-state index contributed by atoms with van der Waals surface area (Å²) in [5.41, 5.74) is 1.97. The second-order valence-electron chi connectivity index (χ2n) is 6.45. The third kappa shape index (κ3) is 2.33. The molecule has 21 heavy (non-hydrogen) atoms. The molecule has 1 fully saturated rings. The quantitative estimate of drug-likeness (QED) is 0.850. The minimum atomic E-state index is -0.207. The van der Waals surface area contributed by atoms with Gasteiger partial charge in [-0.15, -0.1) is 0 Å². The Morgan fingerprint density at radius 3 is 2.57 bits per heavy atom. The highest BCUT2D eigenvalue weighted by Gasteiger charge is 2.33.